The van der Waals surface area contributed by atoms with Gasteiger partial charge >= 0.3 is 0 Å². The van der Waals surface area contributed by atoms with Gasteiger partial charge in [-0.3, -0.25) is 9.59 Å². The standard InChI is InChI=1S/C28H33ClN2O2/c1-20-24(17-22-13-15-31(16-14-22)28(33)23-9-5-6-10-23)18-25(29)19-26(20)30-27(32)12-11-21-7-3-2-4-8-21/h2-4,7-8,17-19,23H,5-6,9-16H2,1H3,(H,30,32). The van der Waals surface area contributed by atoms with E-state index in [4.69, 9.17) is 11.6 Å². The SMILES string of the molecule is Cc1c(C=C2CCN(C(=O)C3CCCC3)CC2)cc(Cl)cc1NC(=O)CCc1ccccc1. The van der Waals surface area contributed by atoms with Gasteiger partial charge in [0, 0.05) is 36.1 Å². The number of halogens is 1. The molecule has 1 aliphatic carbocycles. The van der Waals surface area contributed by atoms with Gasteiger partial charge in [0.25, 0.3) is 0 Å². The molecule has 2 amide bonds. The van der Waals surface area contributed by atoms with Crippen LogP contribution in [0, 0.1) is 12.8 Å². The molecule has 0 spiro atoms. The Labute approximate surface area is 202 Å². The lowest BCUT2D eigenvalue weighted by Gasteiger charge is -2.30. The third-order valence-electron chi connectivity index (χ3n) is 6.95. The van der Waals surface area contributed by atoms with E-state index in [-0.39, 0.29) is 11.8 Å². The topological polar surface area (TPSA) is 49.4 Å². The molecule has 2 aromatic carbocycles. The fraction of sp³-hybridized carbons (Fsp3) is 0.429. The highest BCUT2D eigenvalue weighted by Gasteiger charge is 2.28. The smallest absolute Gasteiger partial charge is 0.225 e. The van der Waals surface area contributed by atoms with Crippen molar-refractivity contribution < 1.29 is 9.59 Å². The third kappa shape index (κ3) is 6.26. The Morgan fingerprint density at radius 2 is 1.79 bits per heavy atom. The van der Waals surface area contributed by atoms with Crippen LogP contribution in [0.5, 0.6) is 0 Å². The summed E-state index contributed by atoms with van der Waals surface area (Å²) in [7, 11) is 0. The number of aryl methyl sites for hydroxylation is 1. The van der Waals surface area contributed by atoms with Crippen LogP contribution in [0.3, 0.4) is 0 Å². The van der Waals surface area contributed by atoms with E-state index < -0.39 is 0 Å². The average Bonchev–Trinajstić information content (AvgIpc) is 3.36. The molecule has 2 aromatic rings. The lowest BCUT2D eigenvalue weighted by molar-refractivity contribution is -0.135. The zero-order valence-corrected chi connectivity index (χ0v) is 20.2. The van der Waals surface area contributed by atoms with Crippen LogP contribution in [0.1, 0.15) is 61.6 Å². The fourth-order valence-corrected chi connectivity index (χ4v) is 5.13. The van der Waals surface area contributed by atoms with Gasteiger partial charge in [-0.05, 0) is 67.9 Å². The highest BCUT2D eigenvalue weighted by Crippen LogP contribution is 2.31. The molecule has 2 fully saturated rings. The normalized spacial score (nSPS) is 16.7. The summed E-state index contributed by atoms with van der Waals surface area (Å²) < 4.78 is 0. The number of piperidine rings is 1. The second-order valence-corrected chi connectivity index (χ2v) is 9.75. The Morgan fingerprint density at radius 3 is 2.48 bits per heavy atom. The van der Waals surface area contributed by atoms with E-state index in [1.807, 2.05) is 49.4 Å². The summed E-state index contributed by atoms with van der Waals surface area (Å²) in [5.41, 5.74) is 5.30. The van der Waals surface area contributed by atoms with Crippen molar-refractivity contribution in [1.29, 1.82) is 0 Å². The summed E-state index contributed by atoms with van der Waals surface area (Å²) in [6.07, 6.45) is 9.60. The van der Waals surface area contributed by atoms with Crippen molar-refractivity contribution in [3.63, 3.8) is 0 Å². The number of nitrogens with zero attached hydrogens (tertiary/aromatic N) is 1. The van der Waals surface area contributed by atoms with Gasteiger partial charge in [-0.15, -0.1) is 0 Å². The minimum Gasteiger partial charge on any atom is -0.342 e. The third-order valence-corrected chi connectivity index (χ3v) is 7.17. The van der Waals surface area contributed by atoms with Crippen molar-refractivity contribution in [2.24, 2.45) is 5.92 Å². The molecule has 0 unspecified atom stereocenters. The number of carbonyl (C=O) groups is 2. The van der Waals surface area contributed by atoms with Gasteiger partial charge in [0.2, 0.25) is 11.8 Å². The average molecular weight is 465 g/mol. The van der Waals surface area contributed by atoms with Crippen molar-refractivity contribution in [1.82, 2.24) is 4.90 Å². The molecule has 1 aliphatic heterocycles. The largest absolute Gasteiger partial charge is 0.342 e. The molecule has 1 saturated carbocycles. The number of nitrogens with one attached hydrogen (secondary N) is 1. The first-order valence-corrected chi connectivity index (χ1v) is 12.5. The van der Waals surface area contributed by atoms with E-state index >= 15 is 0 Å². The number of hydrogen-bond acceptors (Lipinski definition) is 2. The van der Waals surface area contributed by atoms with Gasteiger partial charge in [-0.2, -0.15) is 0 Å². The molecule has 0 bridgehead atoms. The molecule has 0 atom stereocenters. The summed E-state index contributed by atoms with van der Waals surface area (Å²) in [6, 6.07) is 13.8. The lowest BCUT2D eigenvalue weighted by atomic mass is 9.96. The Kier molecular flexibility index (Phi) is 7.87. The predicted molar refractivity (Wildman–Crippen MR) is 135 cm³/mol. The highest BCUT2D eigenvalue weighted by molar-refractivity contribution is 6.31. The molecule has 4 nitrogen and oxygen atoms in total. The monoisotopic (exact) mass is 464 g/mol. The molecule has 1 saturated heterocycles. The second-order valence-electron chi connectivity index (χ2n) is 9.31. The number of carbonyl (C=O) groups excluding carboxylic acids is 2. The van der Waals surface area contributed by atoms with E-state index in [9.17, 15) is 9.59 Å². The summed E-state index contributed by atoms with van der Waals surface area (Å²) in [4.78, 5) is 27.3. The number of rotatable bonds is 6. The first-order valence-electron chi connectivity index (χ1n) is 12.1. The van der Waals surface area contributed by atoms with Gasteiger partial charge in [0.15, 0.2) is 0 Å². The van der Waals surface area contributed by atoms with Gasteiger partial charge in [0.1, 0.15) is 0 Å². The minimum atomic E-state index is -0.0124. The molecule has 174 valence electrons. The van der Waals surface area contributed by atoms with Crippen LogP contribution in [0.25, 0.3) is 6.08 Å². The van der Waals surface area contributed by atoms with E-state index in [1.54, 1.807) is 0 Å². The summed E-state index contributed by atoms with van der Waals surface area (Å²) in [5.74, 6) is 0.589. The molecule has 5 heteroatoms. The van der Waals surface area contributed by atoms with Gasteiger partial charge in [-0.25, -0.2) is 0 Å². The number of likely N-dealkylation sites (tertiary alicyclic amines) is 1. The maximum atomic E-state index is 12.7. The molecule has 0 aromatic heterocycles. The minimum absolute atomic E-state index is 0.0124. The lowest BCUT2D eigenvalue weighted by Crippen LogP contribution is -2.39. The van der Waals surface area contributed by atoms with Crippen molar-refractivity contribution in [3.05, 3.63) is 69.8 Å². The van der Waals surface area contributed by atoms with Crippen LogP contribution in [-0.4, -0.2) is 29.8 Å². The van der Waals surface area contributed by atoms with Crippen LogP contribution < -0.4 is 5.32 Å². The molecule has 33 heavy (non-hydrogen) atoms. The van der Waals surface area contributed by atoms with Crippen LogP contribution in [0.2, 0.25) is 5.02 Å². The van der Waals surface area contributed by atoms with Crippen LogP contribution in [0.15, 0.2) is 48.0 Å². The molecule has 0 radical (unpaired) electrons. The van der Waals surface area contributed by atoms with E-state index in [0.717, 1.165) is 61.2 Å². The first kappa shape index (κ1) is 23.6. The second kappa shape index (κ2) is 11.0. The molecular formula is C28H33ClN2O2. The molecule has 2 aliphatic rings. The van der Waals surface area contributed by atoms with Crippen molar-refractivity contribution in [3.8, 4) is 0 Å². The first-order chi connectivity index (χ1) is 16.0. The number of anilines is 1. The van der Waals surface area contributed by atoms with Crippen molar-refractivity contribution in [2.45, 2.75) is 58.3 Å². The highest BCUT2D eigenvalue weighted by atomic mass is 35.5. The Morgan fingerprint density at radius 1 is 1.09 bits per heavy atom. The van der Waals surface area contributed by atoms with Crippen molar-refractivity contribution >= 4 is 35.2 Å². The molecule has 1 heterocycles. The van der Waals surface area contributed by atoms with Gasteiger partial charge in [-0.1, -0.05) is 66.4 Å². The molecular weight excluding hydrogens is 432 g/mol. The quantitative estimate of drug-likeness (QED) is 0.536. The van der Waals surface area contributed by atoms with Gasteiger partial charge in [0.05, 0.1) is 0 Å². The maximum absolute atomic E-state index is 12.7. The molecule has 1 N–H and O–H groups in total. The van der Waals surface area contributed by atoms with E-state index in [0.29, 0.717) is 23.8 Å². The predicted octanol–water partition coefficient (Wildman–Crippen LogP) is 6.42. The van der Waals surface area contributed by atoms with Crippen molar-refractivity contribution in [2.75, 3.05) is 18.4 Å². The van der Waals surface area contributed by atoms with Crippen LogP contribution in [0.4, 0.5) is 5.69 Å². The number of benzene rings is 2. The number of hydrogen-bond donors (Lipinski definition) is 1. The Balaban J connectivity index is 1.38. The van der Waals surface area contributed by atoms with E-state index in [2.05, 4.69) is 16.3 Å². The Bertz CT molecular complexity index is 1020. The summed E-state index contributed by atoms with van der Waals surface area (Å²) in [6.45, 7) is 3.61. The van der Waals surface area contributed by atoms with E-state index in [1.165, 1.54) is 18.4 Å². The zero-order valence-electron chi connectivity index (χ0n) is 19.4. The summed E-state index contributed by atoms with van der Waals surface area (Å²) >= 11 is 6.40. The van der Waals surface area contributed by atoms with Crippen LogP contribution in [-0.2, 0) is 16.0 Å². The van der Waals surface area contributed by atoms with Gasteiger partial charge < -0.3 is 10.2 Å². The summed E-state index contributed by atoms with van der Waals surface area (Å²) in [5, 5.41) is 3.66. The maximum Gasteiger partial charge on any atom is 0.225 e. The zero-order chi connectivity index (χ0) is 23.2. The Hall–Kier alpha value is -2.59. The molecule has 4 rings (SSSR count). The van der Waals surface area contributed by atoms with Crippen LogP contribution >= 0.6 is 11.6 Å². The fourth-order valence-electron chi connectivity index (χ4n) is 4.90. The number of amides is 2.